The molecule has 0 radical (unpaired) electrons. The molecule has 0 saturated carbocycles. The van der Waals surface area contributed by atoms with Gasteiger partial charge in [-0.2, -0.15) is 0 Å². The number of amides is 3. The van der Waals surface area contributed by atoms with Crippen molar-refractivity contribution in [3.05, 3.63) is 24.0 Å². The van der Waals surface area contributed by atoms with Gasteiger partial charge >= 0.3 is 6.03 Å². The molecular formula is C15H24N4O2. The lowest BCUT2D eigenvalue weighted by Gasteiger charge is -2.35. The van der Waals surface area contributed by atoms with Crippen molar-refractivity contribution in [2.75, 3.05) is 32.7 Å². The predicted molar refractivity (Wildman–Crippen MR) is 81.1 cm³/mol. The summed E-state index contributed by atoms with van der Waals surface area (Å²) < 4.78 is 0. The van der Waals surface area contributed by atoms with E-state index in [1.165, 1.54) is 0 Å². The Labute approximate surface area is 125 Å². The highest BCUT2D eigenvalue weighted by atomic mass is 16.2. The van der Waals surface area contributed by atoms with Crippen LogP contribution in [0.3, 0.4) is 0 Å². The van der Waals surface area contributed by atoms with E-state index in [4.69, 9.17) is 0 Å². The molecule has 3 amide bonds. The van der Waals surface area contributed by atoms with Gasteiger partial charge in [-0.15, -0.1) is 0 Å². The fourth-order valence-electron chi connectivity index (χ4n) is 2.20. The molecule has 1 fully saturated rings. The third-order valence-corrected chi connectivity index (χ3v) is 3.47. The molecule has 1 aromatic rings. The molecule has 1 aromatic heterocycles. The second-order valence-corrected chi connectivity index (χ2v) is 6.60. The number of piperazine rings is 1. The van der Waals surface area contributed by atoms with E-state index in [1.807, 2.05) is 0 Å². The molecule has 1 aliphatic heterocycles. The zero-order chi connectivity index (χ0) is 15.5. The van der Waals surface area contributed by atoms with Crippen molar-refractivity contribution in [2.24, 2.45) is 5.41 Å². The van der Waals surface area contributed by atoms with E-state index in [0.29, 0.717) is 38.3 Å². The smallest absolute Gasteiger partial charge is 0.317 e. The summed E-state index contributed by atoms with van der Waals surface area (Å²) in [4.78, 5) is 30.7. The molecule has 1 saturated heterocycles. The molecule has 6 nitrogen and oxygen atoms in total. The van der Waals surface area contributed by atoms with Gasteiger partial charge in [0.15, 0.2) is 0 Å². The van der Waals surface area contributed by atoms with E-state index < -0.39 is 0 Å². The molecule has 0 aromatic carbocycles. The molecule has 0 aliphatic carbocycles. The lowest BCUT2D eigenvalue weighted by molar-refractivity contribution is 0.0664. The molecule has 0 atom stereocenters. The number of carbonyl (C=O) groups excluding carboxylic acids is 2. The highest BCUT2D eigenvalue weighted by Gasteiger charge is 2.25. The first-order valence-electron chi connectivity index (χ1n) is 7.32. The van der Waals surface area contributed by atoms with Gasteiger partial charge in [0.1, 0.15) is 0 Å². The van der Waals surface area contributed by atoms with Gasteiger partial charge in [0, 0.05) is 45.1 Å². The van der Waals surface area contributed by atoms with Crippen LogP contribution in [0.4, 0.5) is 4.79 Å². The third kappa shape index (κ3) is 4.24. The molecule has 0 unspecified atom stereocenters. The minimum atomic E-state index is -0.0429. The summed E-state index contributed by atoms with van der Waals surface area (Å²) in [5.41, 5.74) is 0.738. The summed E-state index contributed by atoms with van der Waals surface area (Å²) >= 11 is 0. The van der Waals surface area contributed by atoms with Crippen LogP contribution in [0.2, 0.25) is 0 Å². The van der Waals surface area contributed by atoms with Crippen molar-refractivity contribution < 1.29 is 9.59 Å². The number of aromatic amines is 1. The normalized spacial score (nSPS) is 16.0. The molecule has 1 aliphatic rings. The summed E-state index contributed by atoms with van der Waals surface area (Å²) in [5, 5.41) is 2.94. The molecule has 2 N–H and O–H groups in total. The largest absolute Gasteiger partial charge is 0.367 e. The second kappa shape index (κ2) is 6.20. The number of hydrogen-bond acceptors (Lipinski definition) is 2. The Morgan fingerprint density at radius 1 is 1.19 bits per heavy atom. The summed E-state index contributed by atoms with van der Waals surface area (Å²) in [6, 6.07) is 1.73. The molecule has 0 bridgehead atoms. The van der Waals surface area contributed by atoms with Crippen LogP contribution >= 0.6 is 0 Å². The molecule has 0 spiro atoms. The number of hydrogen-bond donors (Lipinski definition) is 2. The van der Waals surface area contributed by atoms with E-state index in [0.717, 1.165) is 0 Å². The maximum atomic E-state index is 12.2. The Hall–Kier alpha value is -1.98. The van der Waals surface area contributed by atoms with E-state index in [2.05, 4.69) is 31.1 Å². The SMILES string of the molecule is CC(C)(C)CNC(=O)N1CCN(C(=O)c2cc[nH]c2)CC1. The van der Waals surface area contributed by atoms with Crippen LogP contribution in [0.15, 0.2) is 18.5 Å². The average molecular weight is 292 g/mol. The van der Waals surface area contributed by atoms with Gasteiger partial charge in [-0.1, -0.05) is 20.8 Å². The maximum absolute atomic E-state index is 12.2. The topological polar surface area (TPSA) is 68.4 Å². The van der Waals surface area contributed by atoms with Crippen LogP contribution in [-0.4, -0.2) is 59.4 Å². The van der Waals surface area contributed by atoms with Crippen molar-refractivity contribution in [1.82, 2.24) is 20.1 Å². The lowest BCUT2D eigenvalue weighted by Crippen LogP contribution is -2.53. The maximum Gasteiger partial charge on any atom is 0.317 e. The summed E-state index contributed by atoms with van der Waals surface area (Å²) in [6.45, 7) is 9.20. The first-order valence-corrected chi connectivity index (χ1v) is 7.32. The minimum absolute atomic E-state index is 0.0194. The van der Waals surface area contributed by atoms with Crippen LogP contribution in [-0.2, 0) is 0 Å². The first-order chi connectivity index (χ1) is 9.87. The van der Waals surface area contributed by atoms with Crippen molar-refractivity contribution in [3.8, 4) is 0 Å². The summed E-state index contributed by atoms with van der Waals surface area (Å²) in [6.07, 6.45) is 3.44. The van der Waals surface area contributed by atoms with Crippen molar-refractivity contribution in [3.63, 3.8) is 0 Å². The molecule has 2 rings (SSSR count). The zero-order valence-electron chi connectivity index (χ0n) is 13.0. The summed E-state index contributed by atoms with van der Waals surface area (Å²) in [5.74, 6) is 0.0194. The highest BCUT2D eigenvalue weighted by Crippen LogP contribution is 2.12. The van der Waals surface area contributed by atoms with Crippen LogP contribution < -0.4 is 5.32 Å². The van der Waals surface area contributed by atoms with Gasteiger partial charge in [-0.3, -0.25) is 4.79 Å². The standard InChI is InChI=1S/C15H24N4O2/c1-15(2,3)11-17-14(21)19-8-6-18(7-9-19)13(20)12-4-5-16-10-12/h4-5,10,16H,6-9,11H2,1-3H3,(H,17,21). The van der Waals surface area contributed by atoms with Gasteiger partial charge in [0.05, 0.1) is 5.56 Å². The van der Waals surface area contributed by atoms with Crippen LogP contribution in [0.1, 0.15) is 31.1 Å². The molecule has 116 valence electrons. The Balaban J connectivity index is 1.80. The molecule has 2 heterocycles. The number of aromatic nitrogens is 1. The van der Waals surface area contributed by atoms with Crippen LogP contribution in [0.25, 0.3) is 0 Å². The van der Waals surface area contributed by atoms with Crippen molar-refractivity contribution in [2.45, 2.75) is 20.8 Å². The number of carbonyl (C=O) groups is 2. The quantitative estimate of drug-likeness (QED) is 0.868. The van der Waals surface area contributed by atoms with Gasteiger partial charge in [0.2, 0.25) is 0 Å². The minimum Gasteiger partial charge on any atom is -0.367 e. The average Bonchev–Trinajstić information content (AvgIpc) is 2.97. The Bertz CT molecular complexity index is 482. The van der Waals surface area contributed by atoms with E-state index in [9.17, 15) is 9.59 Å². The van der Waals surface area contributed by atoms with E-state index in [-0.39, 0.29) is 17.4 Å². The van der Waals surface area contributed by atoms with Crippen LogP contribution in [0, 0.1) is 5.41 Å². The monoisotopic (exact) mass is 292 g/mol. The third-order valence-electron chi connectivity index (χ3n) is 3.47. The van der Waals surface area contributed by atoms with Gasteiger partial charge in [-0.05, 0) is 11.5 Å². The van der Waals surface area contributed by atoms with Crippen LogP contribution in [0.5, 0.6) is 0 Å². The van der Waals surface area contributed by atoms with E-state index >= 15 is 0 Å². The Morgan fingerprint density at radius 2 is 1.81 bits per heavy atom. The molecule has 6 heteroatoms. The van der Waals surface area contributed by atoms with Crippen molar-refractivity contribution >= 4 is 11.9 Å². The molecular weight excluding hydrogens is 268 g/mol. The highest BCUT2D eigenvalue weighted by molar-refractivity contribution is 5.94. The van der Waals surface area contributed by atoms with Crippen molar-refractivity contribution in [1.29, 1.82) is 0 Å². The zero-order valence-corrected chi connectivity index (χ0v) is 13.0. The number of rotatable bonds is 2. The molecule has 21 heavy (non-hydrogen) atoms. The van der Waals surface area contributed by atoms with Gasteiger partial charge in [0.25, 0.3) is 5.91 Å². The lowest BCUT2D eigenvalue weighted by atomic mass is 9.97. The fourth-order valence-corrected chi connectivity index (χ4v) is 2.20. The Kier molecular flexibility index (Phi) is 4.55. The Morgan fingerprint density at radius 3 is 2.33 bits per heavy atom. The number of nitrogens with one attached hydrogen (secondary N) is 2. The van der Waals surface area contributed by atoms with E-state index in [1.54, 1.807) is 28.3 Å². The number of nitrogens with zero attached hydrogens (tertiary/aromatic N) is 2. The number of urea groups is 1. The first kappa shape index (κ1) is 15.4. The predicted octanol–water partition coefficient (Wildman–Crippen LogP) is 1.53. The van der Waals surface area contributed by atoms with Gasteiger partial charge in [-0.25, -0.2) is 4.79 Å². The fraction of sp³-hybridized carbons (Fsp3) is 0.600. The summed E-state index contributed by atoms with van der Waals surface area (Å²) in [7, 11) is 0. The number of H-pyrrole nitrogens is 1. The van der Waals surface area contributed by atoms with Gasteiger partial charge < -0.3 is 20.1 Å². The second-order valence-electron chi connectivity index (χ2n) is 6.60.